The molecule has 2 N–H and O–H groups in total. The summed E-state index contributed by atoms with van der Waals surface area (Å²) in [6.45, 7) is 1.84. The lowest BCUT2D eigenvalue weighted by atomic mass is 10.0. The highest BCUT2D eigenvalue weighted by Crippen LogP contribution is 2.24. The van der Waals surface area contributed by atoms with Gasteiger partial charge in [0.1, 0.15) is 0 Å². The van der Waals surface area contributed by atoms with Crippen molar-refractivity contribution >= 4 is 0 Å². The highest BCUT2D eigenvalue weighted by Gasteiger charge is 2.26. The quantitative estimate of drug-likeness (QED) is 0.826. The number of aliphatic hydroxyl groups excluding tert-OH is 1. The van der Waals surface area contributed by atoms with Gasteiger partial charge in [-0.3, -0.25) is 0 Å². The minimum atomic E-state index is -0.921. The number of benzene rings is 1. The van der Waals surface area contributed by atoms with Crippen molar-refractivity contribution < 1.29 is 13.9 Å². The van der Waals surface area contributed by atoms with Gasteiger partial charge in [0, 0.05) is 12.1 Å². The van der Waals surface area contributed by atoms with Crippen molar-refractivity contribution in [2.75, 3.05) is 0 Å². The first-order valence-corrected chi connectivity index (χ1v) is 5.47. The third-order valence-corrected chi connectivity index (χ3v) is 2.83. The molecule has 16 heavy (non-hydrogen) atoms. The number of nitrogens with one attached hydrogen (secondary N) is 1. The van der Waals surface area contributed by atoms with Crippen LogP contribution >= 0.6 is 0 Å². The van der Waals surface area contributed by atoms with Crippen molar-refractivity contribution in [1.29, 1.82) is 0 Å². The number of hydrogen-bond acceptors (Lipinski definition) is 2. The summed E-state index contributed by atoms with van der Waals surface area (Å²) in [6, 6.07) is 3.81. The standard InChI is InChI=1S/C12H15F2NO/c1-7(15-9-3-4-9)12(16)8-2-5-10(13)11(14)6-8/h2,5-7,9,12,15-16H,3-4H2,1H3. The summed E-state index contributed by atoms with van der Waals surface area (Å²) in [5.41, 5.74) is 0.402. The van der Waals surface area contributed by atoms with Gasteiger partial charge in [0.2, 0.25) is 0 Å². The first-order chi connectivity index (χ1) is 7.58. The van der Waals surface area contributed by atoms with Gasteiger partial charge < -0.3 is 10.4 Å². The van der Waals surface area contributed by atoms with Crippen LogP contribution in [0.1, 0.15) is 31.4 Å². The maximum absolute atomic E-state index is 13.0. The third kappa shape index (κ3) is 2.57. The van der Waals surface area contributed by atoms with Crippen LogP contribution in [0.25, 0.3) is 0 Å². The van der Waals surface area contributed by atoms with Gasteiger partial charge in [0.25, 0.3) is 0 Å². The molecule has 4 heteroatoms. The van der Waals surface area contributed by atoms with E-state index in [1.54, 1.807) is 0 Å². The summed E-state index contributed by atoms with van der Waals surface area (Å²) in [5, 5.41) is 13.1. The predicted molar refractivity (Wildman–Crippen MR) is 56.9 cm³/mol. The Kier molecular flexibility index (Phi) is 3.21. The van der Waals surface area contributed by atoms with Gasteiger partial charge >= 0.3 is 0 Å². The second kappa shape index (κ2) is 4.47. The van der Waals surface area contributed by atoms with E-state index in [2.05, 4.69) is 5.32 Å². The predicted octanol–water partition coefficient (Wildman–Crippen LogP) is 2.14. The molecule has 1 aliphatic rings. The molecule has 1 aromatic carbocycles. The molecular formula is C12H15F2NO. The largest absolute Gasteiger partial charge is 0.387 e. The van der Waals surface area contributed by atoms with E-state index in [0.29, 0.717) is 11.6 Å². The number of aliphatic hydroxyl groups is 1. The minimum absolute atomic E-state index is 0.155. The normalized spacial score (nSPS) is 19.5. The molecule has 0 aliphatic heterocycles. The highest BCUT2D eigenvalue weighted by molar-refractivity contribution is 5.21. The summed E-state index contributed by atoms with van der Waals surface area (Å²) in [6.07, 6.45) is 1.43. The zero-order valence-corrected chi connectivity index (χ0v) is 9.08. The van der Waals surface area contributed by atoms with Crippen LogP contribution in [0.2, 0.25) is 0 Å². The van der Waals surface area contributed by atoms with Crippen LogP contribution < -0.4 is 5.32 Å². The van der Waals surface area contributed by atoms with Crippen molar-refractivity contribution in [1.82, 2.24) is 5.32 Å². The van der Waals surface area contributed by atoms with Gasteiger partial charge in [-0.05, 0) is 37.5 Å². The fraction of sp³-hybridized carbons (Fsp3) is 0.500. The van der Waals surface area contributed by atoms with E-state index in [-0.39, 0.29) is 6.04 Å². The van der Waals surface area contributed by atoms with Crippen molar-refractivity contribution in [2.24, 2.45) is 0 Å². The molecule has 88 valence electrons. The molecule has 0 bridgehead atoms. The highest BCUT2D eigenvalue weighted by atomic mass is 19.2. The third-order valence-electron chi connectivity index (χ3n) is 2.83. The minimum Gasteiger partial charge on any atom is -0.387 e. The second-order valence-corrected chi connectivity index (χ2v) is 4.35. The first-order valence-electron chi connectivity index (χ1n) is 5.47. The topological polar surface area (TPSA) is 32.3 Å². The molecule has 2 atom stereocenters. The van der Waals surface area contributed by atoms with Gasteiger partial charge in [-0.25, -0.2) is 8.78 Å². The zero-order chi connectivity index (χ0) is 11.7. The van der Waals surface area contributed by atoms with E-state index >= 15 is 0 Å². The summed E-state index contributed by atoms with van der Waals surface area (Å²) in [7, 11) is 0. The van der Waals surface area contributed by atoms with Crippen LogP contribution in [-0.2, 0) is 0 Å². The van der Waals surface area contributed by atoms with Crippen molar-refractivity contribution in [3.05, 3.63) is 35.4 Å². The summed E-state index contributed by atoms with van der Waals surface area (Å²) >= 11 is 0. The van der Waals surface area contributed by atoms with E-state index in [4.69, 9.17) is 0 Å². The van der Waals surface area contributed by atoms with E-state index in [1.807, 2.05) is 6.92 Å². The molecular weight excluding hydrogens is 212 g/mol. The lowest BCUT2D eigenvalue weighted by Gasteiger charge is -2.20. The fourth-order valence-corrected chi connectivity index (χ4v) is 1.70. The van der Waals surface area contributed by atoms with Crippen molar-refractivity contribution in [3.63, 3.8) is 0 Å². The molecule has 0 saturated heterocycles. The maximum atomic E-state index is 13.0. The zero-order valence-electron chi connectivity index (χ0n) is 9.08. The van der Waals surface area contributed by atoms with E-state index in [1.165, 1.54) is 6.07 Å². The first kappa shape index (κ1) is 11.5. The second-order valence-electron chi connectivity index (χ2n) is 4.35. The maximum Gasteiger partial charge on any atom is 0.159 e. The summed E-state index contributed by atoms with van der Waals surface area (Å²) in [5.74, 6) is -1.81. The summed E-state index contributed by atoms with van der Waals surface area (Å²) < 4.78 is 25.7. The Hall–Kier alpha value is -1.00. The van der Waals surface area contributed by atoms with Crippen LogP contribution in [0.3, 0.4) is 0 Å². The monoisotopic (exact) mass is 227 g/mol. The molecule has 0 aromatic heterocycles. The number of hydrogen-bond donors (Lipinski definition) is 2. The molecule has 1 saturated carbocycles. The molecule has 2 nitrogen and oxygen atoms in total. The van der Waals surface area contributed by atoms with Gasteiger partial charge in [-0.15, -0.1) is 0 Å². The Bertz CT molecular complexity index is 379. The van der Waals surface area contributed by atoms with Crippen molar-refractivity contribution in [2.45, 2.75) is 38.0 Å². The molecule has 0 amide bonds. The van der Waals surface area contributed by atoms with Gasteiger partial charge in [-0.2, -0.15) is 0 Å². The Morgan fingerprint density at radius 1 is 1.31 bits per heavy atom. The van der Waals surface area contributed by atoms with Crippen molar-refractivity contribution in [3.8, 4) is 0 Å². The van der Waals surface area contributed by atoms with Crippen LogP contribution in [0.5, 0.6) is 0 Å². The van der Waals surface area contributed by atoms with E-state index in [0.717, 1.165) is 25.0 Å². The van der Waals surface area contributed by atoms with Gasteiger partial charge in [-0.1, -0.05) is 6.07 Å². The molecule has 0 radical (unpaired) electrons. The lowest BCUT2D eigenvalue weighted by Crippen LogP contribution is -2.33. The Morgan fingerprint density at radius 2 is 2.00 bits per heavy atom. The molecule has 1 aromatic rings. The molecule has 1 aliphatic carbocycles. The van der Waals surface area contributed by atoms with Crippen LogP contribution in [0, 0.1) is 11.6 Å². The molecule has 2 unspecified atom stereocenters. The number of halogens is 2. The number of rotatable bonds is 4. The average Bonchev–Trinajstić information content (AvgIpc) is 3.05. The van der Waals surface area contributed by atoms with Crippen LogP contribution in [-0.4, -0.2) is 17.2 Å². The molecule has 2 rings (SSSR count). The lowest BCUT2D eigenvalue weighted by molar-refractivity contribution is 0.134. The smallest absolute Gasteiger partial charge is 0.159 e. The van der Waals surface area contributed by atoms with Gasteiger partial charge in [0.05, 0.1) is 6.10 Å². The molecule has 0 heterocycles. The molecule has 1 fully saturated rings. The summed E-state index contributed by atoms with van der Waals surface area (Å²) in [4.78, 5) is 0. The van der Waals surface area contributed by atoms with Gasteiger partial charge in [0.15, 0.2) is 11.6 Å². The van der Waals surface area contributed by atoms with E-state index in [9.17, 15) is 13.9 Å². The SMILES string of the molecule is CC(NC1CC1)C(O)c1ccc(F)c(F)c1. The fourth-order valence-electron chi connectivity index (χ4n) is 1.70. The van der Waals surface area contributed by atoms with Crippen LogP contribution in [0.4, 0.5) is 8.78 Å². The average molecular weight is 227 g/mol. The Labute approximate surface area is 93.3 Å². The van der Waals surface area contributed by atoms with Crippen LogP contribution in [0.15, 0.2) is 18.2 Å². The Morgan fingerprint density at radius 3 is 2.56 bits per heavy atom. The Balaban J connectivity index is 2.06. The molecule has 0 spiro atoms. The van der Waals surface area contributed by atoms with E-state index < -0.39 is 17.7 Å².